The molecule has 2 heterocycles. The number of rotatable bonds is 7. The number of hydrogen-bond acceptors (Lipinski definition) is 4. The lowest BCUT2D eigenvalue weighted by Gasteiger charge is -2.23. The van der Waals surface area contributed by atoms with Crippen molar-refractivity contribution in [3.63, 3.8) is 0 Å². The summed E-state index contributed by atoms with van der Waals surface area (Å²) < 4.78 is 5.48. The van der Waals surface area contributed by atoms with Crippen LogP contribution in [0, 0.1) is 5.92 Å². The Balaban J connectivity index is 1.78. The van der Waals surface area contributed by atoms with Crippen molar-refractivity contribution in [1.82, 2.24) is 15.3 Å². The third kappa shape index (κ3) is 3.82. The number of H-pyrrole nitrogens is 1. The molecule has 0 radical (unpaired) electrons. The maximum absolute atomic E-state index is 12.1. The summed E-state index contributed by atoms with van der Waals surface area (Å²) in [7, 11) is 0. The highest BCUT2D eigenvalue weighted by molar-refractivity contribution is 5.76. The largest absolute Gasteiger partial charge is 0.464 e. The number of imidazole rings is 1. The first-order valence-corrected chi connectivity index (χ1v) is 7.65. The van der Waals surface area contributed by atoms with E-state index in [0.717, 1.165) is 24.2 Å². The minimum atomic E-state index is -0.255. The van der Waals surface area contributed by atoms with Gasteiger partial charge in [-0.05, 0) is 12.3 Å². The fourth-order valence-corrected chi connectivity index (χ4v) is 2.53. The number of carbonyl (C=O) groups excluding carboxylic acids is 1. The molecule has 20 heavy (non-hydrogen) atoms. The quantitative estimate of drug-likeness (QED) is 0.751. The van der Waals surface area contributed by atoms with Crippen LogP contribution in [-0.4, -0.2) is 28.6 Å². The Morgan fingerprint density at radius 3 is 3.15 bits per heavy atom. The number of carbonyl (C=O) groups is 1. The van der Waals surface area contributed by atoms with E-state index < -0.39 is 0 Å². The average Bonchev–Trinajstić information content (AvgIpc) is 2.94. The molecular weight excluding hydrogens is 254 g/mol. The lowest BCUT2D eigenvalue weighted by atomic mass is 10.0. The highest BCUT2D eigenvalue weighted by Crippen LogP contribution is 2.16. The Hall–Kier alpha value is -1.36. The normalized spacial score (nSPS) is 19.4. The van der Waals surface area contributed by atoms with E-state index in [2.05, 4.69) is 29.1 Å². The molecule has 1 aromatic rings. The third-order valence-corrected chi connectivity index (χ3v) is 4.02. The van der Waals surface area contributed by atoms with Crippen LogP contribution in [-0.2, 0) is 22.5 Å². The molecule has 2 rings (SSSR count). The molecule has 0 aliphatic carbocycles. The predicted octanol–water partition coefficient (Wildman–Crippen LogP) is 2.18. The Labute approximate surface area is 120 Å². The van der Waals surface area contributed by atoms with Gasteiger partial charge in [0.2, 0.25) is 0 Å². The lowest BCUT2D eigenvalue weighted by molar-refractivity contribution is -0.148. The summed E-state index contributed by atoms with van der Waals surface area (Å²) in [5, 5.41) is 3.20. The van der Waals surface area contributed by atoms with E-state index in [9.17, 15) is 4.79 Å². The first-order chi connectivity index (χ1) is 9.74. The van der Waals surface area contributed by atoms with Gasteiger partial charge >= 0.3 is 5.97 Å². The van der Waals surface area contributed by atoms with Gasteiger partial charge in [-0.25, -0.2) is 4.98 Å². The van der Waals surface area contributed by atoms with Crippen LogP contribution < -0.4 is 5.32 Å². The van der Waals surface area contributed by atoms with Crippen molar-refractivity contribution in [2.75, 3.05) is 6.61 Å². The summed E-state index contributed by atoms with van der Waals surface area (Å²) in [6.45, 7) is 5.54. The highest BCUT2D eigenvalue weighted by atomic mass is 16.5. The summed E-state index contributed by atoms with van der Waals surface area (Å²) in [6, 6.07) is -0.255. The van der Waals surface area contributed by atoms with Crippen LogP contribution in [0.15, 0.2) is 6.33 Å². The summed E-state index contributed by atoms with van der Waals surface area (Å²) in [5.41, 5.74) is 2.05. The van der Waals surface area contributed by atoms with Crippen LogP contribution in [0.3, 0.4) is 0 Å². The maximum atomic E-state index is 12.1. The topological polar surface area (TPSA) is 67.0 Å². The number of esters is 1. The molecule has 5 heteroatoms. The van der Waals surface area contributed by atoms with Crippen molar-refractivity contribution in [3.05, 3.63) is 17.7 Å². The molecule has 0 aromatic carbocycles. The Bertz CT molecular complexity index is 431. The summed E-state index contributed by atoms with van der Waals surface area (Å²) >= 11 is 0. The second kappa shape index (κ2) is 7.43. The molecule has 112 valence electrons. The molecule has 1 aliphatic heterocycles. The standard InChI is InChI=1S/C15H25N3O2/c1-3-5-6-11(4-2)9-20-15(19)13-7-12-14(8-16-13)18-10-17-12/h10-11,13,16H,3-9H2,1-2H3,(H,17,18). The van der Waals surface area contributed by atoms with Gasteiger partial charge in [0.05, 0.1) is 24.3 Å². The summed E-state index contributed by atoms with van der Waals surface area (Å²) in [5.74, 6) is 0.344. The number of ether oxygens (including phenoxy) is 1. The Morgan fingerprint density at radius 1 is 1.55 bits per heavy atom. The molecule has 0 fully saturated rings. The number of unbranched alkanes of at least 4 members (excludes halogenated alkanes) is 1. The van der Waals surface area contributed by atoms with Gasteiger partial charge < -0.3 is 9.72 Å². The first-order valence-electron chi connectivity index (χ1n) is 7.65. The molecule has 0 saturated heterocycles. The molecule has 2 N–H and O–H groups in total. The van der Waals surface area contributed by atoms with Crippen molar-refractivity contribution in [1.29, 1.82) is 0 Å². The van der Waals surface area contributed by atoms with Gasteiger partial charge in [0.25, 0.3) is 0 Å². The van der Waals surface area contributed by atoms with Crippen LogP contribution in [0.1, 0.15) is 50.9 Å². The maximum Gasteiger partial charge on any atom is 0.323 e. The number of fused-ring (bicyclic) bond motifs is 1. The van der Waals surface area contributed by atoms with Crippen molar-refractivity contribution >= 4 is 5.97 Å². The van der Waals surface area contributed by atoms with Gasteiger partial charge in [-0.15, -0.1) is 0 Å². The van der Waals surface area contributed by atoms with E-state index in [1.807, 2.05) is 0 Å². The van der Waals surface area contributed by atoms with Gasteiger partial charge in [0, 0.05) is 13.0 Å². The van der Waals surface area contributed by atoms with E-state index in [1.54, 1.807) is 6.33 Å². The van der Waals surface area contributed by atoms with Crippen molar-refractivity contribution in [3.8, 4) is 0 Å². The van der Waals surface area contributed by atoms with E-state index in [-0.39, 0.29) is 12.0 Å². The number of aromatic amines is 1. The molecule has 0 amide bonds. The fourth-order valence-electron chi connectivity index (χ4n) is 2.53. The number of nitrogens with zero attached hydrogens (tertiary/aromatic N) is 1. The second-order valence-electron chi connectivity index (χ2n) is 5.51. The molecule has 0 spiro atoms. The van der Waals surface area contributed by atoms with Gasteiger partial charge in [0.1, 0.15) is 6.04 Å². The fraction of sp³-hybridized carbons (Fsp3) is 0.733. The van der Waals surface area contributed by atoms with Crippen molar-refractivity contribution in [2.45, 2.75) is 58.5 Å². The molecule has 1 aliphatic rings. The smallest absolute Gasteiger partial charge is 0.323 e. The predicted molar refractivity (Wildman–Crippen MR) is 77.2 cm³/mol. The highest BCUT2D eigenvalue weighted by Gasteiger charge is 2.27. The zero-order valence-electron chi connectivity index (χ0n) is 12.4. The molecule has 0 saturated carbocycles. The monoisotopic (exact) mass is 279 g/mol. The van der Waals surface area contributed by atoms with Crippen LogP contribution in [0.5, 0.6) is 0 Å². The van der Waals surface area contributed by atoms with Crippen molar-refractivity contribution in [2.24, 2.45) is 5.92 Å². The zero-order chi connectivity index (χ0) is 14.4. The van der Waals surface area contributed by atoms with Crippen LogP contribution in [0.2, 0.25) is 0 Å². The first kappa shape index (κ1) is 15.0. The van der Waals surface area contributed by atoms with E-state index in [1.165, 1.54) is 12.8 Å². The minimum Gasteiger partial charge on any atom is -0.464 e. The molecular formula is C15H25N3O2. The Morgan fingerprint density at radius 2 is 2.40 bits per heavy atom. The Kier molecular flexibility index (Phi) is 5.59. The molecule has 2 unspecified atom stereocenters. The van der Waals surface area contributed by atoms with E-state index in [0.29, 0.717) is 25.5 Å². The average molecular weight is 279 g/mol. The van der Waals surface area contributed by atoms with E-state index >= 15 is 0 Å². The van der Waals surface area contributed by atoms with Gasteiger partial charge in [0.15, 0.2) is 0 Å². The lowest BCUT2D eigenvalue weighted by Crippen LogP contribution is -2.43. The van der Waals surface area contributed by atoms with Gasteiger partial charge in [-0.3, -0.25) is 10.1 Å². The second-order valence-corrected chi connectivity index (χ2v) is 5.51. The summed E-state index contributed by atoms with van der Waals surface area (Å²) in [4.78, 5) is 19.4. The minimum absolute atomic E-state index is 0.145. The number of hydrogen-bond donors (Lipinski definition) is 2. The molecule has 2 atom stereocenters. The van der Waals surface area contributed by atoms with Crippen LogP contribution in [0.4, 0.5) is 0 Å². The third-order valence-electron chi connectivity index (χ3n) is 4.02. The number of aromatic nitrogens is 2. The van der Waals surface area contributed by atoms with Gasteiger partial charge in [-0.1, -0.05) is 33.1 Å². The van der Waals surface area contributed by atoms with Gasteiger partial charge in [-0.2, -0.15) is 0 Å². The molecule has 5 nitrogen and oxygen atoms in total. The number of nitrogens with one attached hydrogen (secondary N) is 2. The van der Waals surface area contributed by atoms with Crippen molar-refractivity contribution < 1.29 is 9.53 Å². The van der Waals surface area contributed by atoms with Crippen LogP contribution >= 0.6 is 0 Å². The van der Waals surface area contributed by atoms with Crippen LogP contribution in [0.25, 0.3) is 0 Å². The van der Waals surface area contributed by atoms with E-state index in [4.69, 9.17) is 4.74 Å². The molecule has 1 aromatic heterocycles. The molecule has 0 bridgehead atoms. The zero-order valence-corrected chi connectivity index (χ0v) is 12.4. The summed E-state index contributed by atoms with van der Waals surface area (Å²) in [6.07, 6.45) is 6.89. The SMILES string of the molecule is CCCCC(CC)COC(=O)C1Cc2nc[nH]c2CN1.